The van der Waals surface area contributed by atoms with Crippen LogP contribution in [-0.4, -0.2) is 0 Å². The molecule has 0 radical (unpaired) electrons. The Hall–Kier alpha value is -8.20. The number of hydrogen-bond donors (Lipinski definition) is 0. The van der Waals surface area contributed by atoms with Crippen molar-refractivity contribution in [1.29, 1.82) is 0 Å². The van der Waals surface area contributed by atoms with E-state index in [0.29, 0.717) is 0 Å². The van der Waals surface area contributed by atoms with Gasteiger partial charge in [-0.05, 0) is 120 Å². The monoisotopic (exact) mass is 789 g/mol. The van der Waals surface area contributed by atoms with Crippen LogP contribution < -0.4 is 4.90 Å². The van der Waals surface area contributed by atoms with Crippen LogP contribution in [0.4, 0.5) is 17.1 Å². The van der Waals surface area contributed by atoms with Gasteiger partial charge in [-0.15, -0.1) is 0 Å². The van der Waals surface area contributed by atoms with Crippen LogP contribution in [0.5, 0.6) is 0 Å². The van der Waals surface area contributed by atoms with E-state index in [2.05, 4.69) is 235 Å². The van der Waals surface area contributed by atoms with E-state index >= 15 is 0 Å². The van der Waals surface area contributed by atoms with E-state index in [-0.39, 0.29) is 0 Å². The molecule has 0 amide bonds. The summed E-state index contributed by atoms with van der Waals surface area (Å²) in [5, 5.41) is 9.71. The zero-order valence-electron chi connectivity index (χ0n) is 33.9. The summed E-state index contributed by atoms with van der Waals surface area (Å²) < 4.78 is 6.51. The van der Waals surface area contributed by atoms with Crippen molar-refractivity contribution < 1.29 is 4.42 Å². The normalized spacial score (nSPS) is 11.5. The standard InChI is InChI=1S/C60H39NO/c1-3-12-41(13-4-1)53-20-9-17-45-18-10-21-54(59(45)53)44-28-33-49(34-29-44)61(50-35-36-52-47(38-50)25-24-43-16-7-8-19-51(43)52)48-31-26-40(27-32-48)46-30-37-58-57(39-46)56-23-11-22-55(60(56)62-58)42-14-5-2-6-15-42/h1-39H. The van der Waals surface area contributed by atoms with Gasteiger partial charge in [0.15, 0.2) is 0 Å². The molecule has 11 aromatic carbocycles. The van der Waals surface area contributed by atoms with E-state index in [0.717, 1.165) is 61.3 Å². The van der Waals surface area contributed by atoms with Gasteiger partial charge >= 0.3 is 0 Å². The predicted molar refractivity (Wildman–Crippen MR) is 263 cm³/mol. The molecule has 0 aliphatic carbocycles. The molecule has 2 nitrogen and oxygen atoms in total. The van der Waals surface area contributed by atoms with Crippen LogP contribution in [0, 0.1) is 0 Å². The number of para-hydroxylation sites is 1. The Morgan fingerprint density at radius 2 is 0.790 bits per heavy atom. The fourth-order valence-electron chi connectivity index (χ4n) is 9.44. The first-order valence-corrected chi connectivity index (χ1v) is 21.2. The highest BCUT2D eigenvalue weighted by Gasteiger charge is 2.17. The van der Waals surface area contributed by atoms with Gasteiger partial charge in [-0.1, -0.05) is 188 Å². The van der Waals surface area contributed by atoms with Gasteiger partial charge in [0.2, 0.25) is 0 Å². The highest BCUT2D eigenvalue weighted by molar-refractivity contribution is 6.11. The summed E-state index contributed by atoms with van der Waals surface area (Å²) in [7, 11) is 0. The lowest BCUT2D eigenvalue weighted by atomic mass is 9.91. The molecule has 2 heteroatoms. The van der Waals surface area contributed by atoms with Crippen LogP contribution in [0.25, 0.3) is 98.8 Å². The lowest BCUT2D eigenvalue weighted by molar-refractivity contribution is 0.670. The molecule has 0 bridgehead atoms. The van der Waals surface area contributed by atoms with Crippen molar-refractivity contribution in [3.05, 3.63) is 237 Å². The molecular weight excluding hydrogens is 751 g/mol. The highest BCUT2D eigenvalue weighted by atomic mass is 16.3. The first-order chi connectivity index (χ1) is 30.7. The van der Waals surface area contributed by atoms with E-state index in [1.54, 1.807) is 0 Å². The van der Waals surface area contributed by atoms with Crippen LogP contribution >= 0.6 is 0 Å². The molecule has 290 valence electrons. The second kappa shape index (κ2) is 14.8. The van der Waals surface area contributed by atoms with Crippen LogP contribution in [0.2, 0.25) is 0 Å². The lowest BCUT2D eigenvalue weighted by Gasteiger charge is -2.26. The van der Waals surface area contributed by atoms with Crippen molar-refractivity contribution >= 4 is 71.3 Å². The Morgan fingerprint density at radius 1 is 0.274 bits per heavy atom. The number of hydrogen-bond acceptors (Lipinski definition) is 2. The second-order valence-corrected chi connectivity index (χ2v) is 16.1. The topological polar surface area (TPSA) is 16.4 Å². The van der Waals surface area contributed by atoms with Gasteiger partial charge < -0.3 is 9.32 Å². The summed E-state index contributed by atoms with van der Waals surface area (Å²) >= 11 is 0. The molecule has 12 rings (SSSR count). The Kier molecular flexibility index (Phi) is 8.53. The lowest BCUT2D eigenvalue weighted by Crippen LogP contribution is -2.09. The summed E-state index contributed by atoms with van der Waals surface area (Å²) in [6.45, 7) is 0. The minimum atomic E-state index is 0.891. The average molecular weight is 790 g/mol. The molecule has 0 saturated carbocycles. The van der Waals surface area contributed by atoms with Crippen molar-refractivity contribution in [2.75, 3.05) is 4.90 Å². The van der Waals surface area contributed by atoms with Gasteiger partial charge in [-0.2, -0.15) is 0 Å². The molecule has 0 saturated heterocycles. The quantitative estimate of drug-likeness (QED) is 0.150. The molecule has 0 unspecified atom stereocenters. The molecular formula is C60H39NO. The van der Waals surface area contributed by atoms with E-state index in [1.165, 1.54) is 54.6 Å². The molecule has 0 spiro atoms. The third-order valence-electron chi connectivity index (χ3n) is 12.5. The van der Waals surface area contributed by atoms with Gasteiger partial charge in [0.25, 0.3) is 0 Å². The molecule has 0 fully saturated rings. The van der Waals surface area contributed by atoms with E-state index in [1.807, 2.05) is 6.07 Å². The van der Waals surface area contributed by atoms with Gasteiger partial charge in [0, 0.05) is 33.4 Å². The minimum absolute atomic E-state index is 0.891. The first-order valence-electron chi connectivity index (χ1n) is 21.2. The number of rotatable bonds is 7. The van der Waals surface area contributed by atoms with Crippen LogP contribution in [0.15, 0.2) is 241 Å². The second-order valence-electron chi connectivity index (χ2n) is 16.1. The third kappa shape index (κ3) is 6.12. The van der Waals surface area contributed by atoms with E-state index < -0.39 is 0 Å². The Morgan fingerprint density at radius 3 is 1.52 bits per heavy atom. The summed E-state index contributed by atoms with van der Waals surface area (Å²) in [4.78, 5) is 2.37. The number of fused-ring (bicyclic) bond motifs is 7. The first kappa shape index (κ1) is 35.7. The maximum Gasteiger partial charge on any atom is 0.143 e. The molecule has 0 N–H and O–H groups in total. The van der Waals surface area contributed by atoms with Gasteiger partial charge in [-0.25, -0.2) is 0 Å². The summed E-state index contributed by atoms with van der Waals surface area (Å²) in [5.41, 5.74) is 14.5. The Labute approximate surface area is 360 Å². The molecule has 0 atom stereocenters. The largest absolute Gasteiger partial charge is 0.455 e. The predicted octanol–water partition coefficient (Wildman–Crippen LogP) is 17.2. The van der Waals surface area contributed by atoms with Crippen molar-refractivity contribution in [2.45, 2.75) is 0 Å². The van der Waals surface area contributed by atoms with Gasteiger partial charge in [0.1, 0.15) is 11.2 Å². The minimum Gasteiger partial charge on any atom is -0.455 e. The average Bonchev–Trinajstić information content (AvgIpc) is 3.73. The summed E-state index contributed by atoms with van der Waals surface area (Å²) in [6.07, 6.45) is 0. The SMILES string of the molecule is c1ccc(-c2cccc3c2oc2ccc(-c4ccc(N(c5ccc(-c6cccc7cccc(-c8ccccc8)c67)cc5)c5ccc6c(ccc7ccccc76)c5)cc4)cc23)cc1. The van der Waals surface area contributed by atoms with Gasteiger partial charge in [0.05, 0.1) is 0 Å². The highest BCUT2D eigenvalue weighted by Crippen LogP contribution is 2.42. The fourth-order valence-corrected chi connectivity index (χ4v) is 9.44. The number of benzene rings is 11. The van der Waals surface area contributed by atoms with Crippen molar-refractivity contribution in [1.82, 2.24) is 0 Å². The maximum atomic E-state index is 6.51. The molecule has 12 aromatic rings. The zero-order valence-corrected chi connectivity index (χ0v) is 33.9. The van der Waals surface area contributed by atoms with Crippen molar-refractivity contribution in [3.63, 3.8) is 0 Å². The summed E-state index contributed by atoms with van der Waals surface area (Å²) in [6, 6.07) is 85.4. The van der Waals surface area contributed by atoms with Crippen molar-refractivity contribution in [2.24, 2.45) is 0 Å². The molecule has 62 heavy (non-hydrogen) atoms. The third-order valence-corrected chi connectivity index (χ3v) is 12.5. The number of furan rings is 1. The smallest absolute Gasteiger partial charge is 0.143 e. The molecule has 1 aromatic heterocycles. The zero-order chi connectivity index (χ0) is 41.0. The molecule has 0 aliphatic rings. The van der Waals surface area contributed by atoms with Crippen LogP contribution in [0.1, 0.15) is 0 Å². The van der Waals surface area contributed by atoms with Crippen LogP contribution in [0.3, 0.4) is 0 Å². The van der Waals surface area contributed by atoms with Crippen LogP contribution in [-0.2, 0) is 0 Å². The number of nitrogens with zero attached hydrogens (tertiary/aromatic N) is 1. The number of anilines is 3. The molecule has 0 aliphatic heterocycles. The van der Waals surface area contributed by atoms with E-state index in [9.17, 15) is 0 Å². The Bertz CT molecular complexity index is 3600. The van der Waals surface area contributed by atoms with Gasteiger partial charge in [-0.3, -0.25) is 0 Å². The molecule has 1 heterocycles. The Balaban J connectivity index is 0.953. The van der Waals surface area contributed by atoms with E-state index in [4.69, 9.17) is 4.42 Å². The maximum absolute atomic E-state index is 6.51. The fraction of sp³-hybridized carbons (Fsp3) is 0. The summed E-state index contributed by atoms with van der Waals surface area (Å²) in [5.74, 6) is 0. The van der Waals surface area contributed by atoms with Crippen molar-refractivity contribution in [3.8, 4) is 44.5 Å².